The Balaban J connectivity index is 0.798. The number of cyclic esters (lactones) is 1. The van der Waals surface area contributed by atoms with Gasteiger partial charge in [0.2, 0.25) is 35.4 Å². The molecule has 0 bridgehead atoms. The zero-order chi connectivity index (χ0) is 52.6. The quantitative estimate of drug-likeness (QED) is 0.0246. The first-order valence-electron chi connectivity index (χ1n) is 24.5. The van der Waals surface area contributed by atoms with Crippen LogP contribution in [-0.2, 0) is 78.6 Å². The maximum atomic E-state index is 15.3. The maximum absolute atomic E-state index is 15.3. The molecule has 8 rings (SSSR count). The van der Waals surface area contributed by atoms with Gasteiger partial charge in [0.15, 0.2) is 0 Å². The highest BCUT2D eigenvalue weighted by Gasteiger charge is 2.38. The monoisotopic (exact) mass is 1020 g/mol. The van der Waals surface area contributed by atoms with Crippen molar-refractivity contribution in [2.75, 3.05) is 39.5 Å². The van der Waals surface area contributed by atoms with E-state index in [9.17, 15) is 47.9 Å². The molecule has 5 heterocycles. The molecule has 4 aromatic rings. The maximum Gasteiger partial charge on any atom is 0.313 e. The van der Waals surface area contributed by atoms with Crippen LogP contribution in [0.2, 0.25) is 0 Å². The molecule has 6 N–H and O–H groups in total. The predicted molar refractivity (Wildman–Crippen MR) is 262 cm³/mol. The molecule has 1 aliphatic carbocycles. The summed E-state index contributed by atoms with van der Waals surface area (Å²) in [6.07, 6.45) is 5.41. The number of aryl methyl sites for hydroxylation is 1. The average molecular weight is 1020 g/mol. The van der Waals surface area contributed by atoms with E-state index < -0.39 is 98.2 Å². The molecule has 4 aliphatic rings. The summed E-state index contributed by atoms with van der Waals surface area (Å²) in [7, 11) is 0. The van der Waals surface area contributed by atoms with Crippen LogP contribution in [0.15, 0.2) is 59.4 Å². The van der Waals surface area contributed by atoms with Crippen molar-refractivity contribution >= 4 is 64.1 Å². The van der Waals surface area contributed by atoms with Gasteiger partial charge in [0.05, 0.1) is 60.6 Å². The molecule has 0 spiro atoms. The van der Waals surface area contributed by atoms with Crippen molar-refractivity contribution in [1.82, 2.24) is 46.4 Å². The van der Waals surface area contributed by atoms with E-state index in [-0.39, 0.29) is 49.9 Å². The fraction of sp³-hybridized carbons (Fsp3) is 0.404. The number of carbonyl (C=O) groups is 9. The molecule has 3 atom stereocenters. The van der Waals surface area contributed by atoms with Gasteiger partial charge in [-0.25, -0.2) is 9.37 Å². The average Bonchev–Trinajstić information content (AvgIpc) is 3.94. The Bertz CT molecular complexity index is 3030. The molecule has 8 amide bonds. The van der Waals surface area contributed by atoms with E-state index in [0.29, 0.717) is 94.2 Å². The van der Waals surface area contributed by atoms with Crippen molar-refractivity contribution in [3.63, 3.8) is 0 Å². The van der Waals surface area contributed by atoms with Crippen LogP contribution >= 0.6 is 0 Å². The number of ether oxygens (including phenoxy) is 2. The lowest BCUT2D eigenvalue weighted by Crippen LogP contribution is -2.52. The molecule has 0 radical (unpaired) electrons. The van der Waals surface area contributed by atoms with E-state index in [1.807, 2.05) is 6.92 Å². The normalized spacial score (nSPS) is 16.4. The van der Waals surface area contributed by atoms with Gasteiger partial charge in [-0.1, -0.05) is 43.7 Å². The highest BCUT2D eigenvalue weighted by atomic mass is 19.1. The zero-order valence-corrected chi connectivity index (χ0v) is 40.9. The molecule has 0 unspecified atom stereocenters. The molecule has 3 aliphatic heterocycles. The Morgan fingerprint density at radius 3 is 2.31 bits per heavy atom. The Morgan fingerprint density at radius 1 is 0.838 bits per heavy atom. The van der Waals surface area contributed by atoms with Gasteiger partial charge in [0.25, 0.3) is 17.4 Å². The highest BCUT2D eigenvalue weighted by molar-refractivity contribution is 6.12. The van der Waals surface area contributed by atoms with Crippen molar-refractivity contribution in [3.8, 4) is 11.4 Å². The summed E-state index contributed by atoms with van der Waals surface area (Å²) in [5, 5.41) is 16.1. The van der Waals surface area contributed by atoms with E-state index in [1.165, 1.54) is 18.2 Å². The number of nitrogens with one attached hydrogen (secondary N) is 6. The summed E-state index contributed by atoms with van der Waals surface area (Å²) in [4.78, 5) is 133. The van der Waals surface area contributed by atoms with Gasteiger partial charge in [-0.2, -0.15) is 0 Å². The number of aromatic nitrogens is 2. The van der Waals surface area contributed by atoms with Gasteiger partial charge in [-0.3, -0.25) is 52.8 Å². The summed E-state index contributed by atoms with van der Waals surface area (Å²) >= 11 is 0. The Kier molecular flexibility index (Phi) is 16.3. The molecule has 74 heavy (non-hydrogen) atoms. The molecule has 22 heteroatoms. The van der Waals surface area contributed by atoms with Gasteiger partial charge < -0.3 is 45.9 Å². The number of nitrogens with zero attached hydrogens (tertiary/aromatic N) is 3. The minimum absolute atomic E-state index is 0.0466. The van der Waals surface area contributed by atoms with Crippen molar-refractivity contribution in [1.29, 1.82) is 0 Å². The Morgan fingerprint density at radius 2 is 1.55 bits per heavy atom. The molecule has 2 aromatic carbocycles. The molecular weight excluding hydrogens is 962 g/mol. The number of imide groups is 1. The molecule has 388 valence electrons. The summed E-state index contributed by atoms with van der Waals surface area (Å²) < 4.78 is 27.8. The van der Waals surface area contributed by atoms with E-state index in [0.717, 1.165) is 10.5 Å². The number of carbonyl (C=O) groups excluding carboxylic acids is 9. The zero-order valence-electron chi connectivity index (χ0n) is 40.9. The first-order chi connectivity index (χ1) is 35.6. The van der Waals surface area contributed by atoms with Gasteiger partial charge in [0.1, 0.15) is 31.8 Å². The minimum atomic E-state index is -1.15. The van der Waals surface area contributed by atoms with Crippen LogP contribution in [-0.4, -0.2) is 113 Å². The van der Waals surface area contributed by atoms with Gasteiger partial charge in [-0.05, 0) is 72.9 Å². The molecule has 21 nitrogen and oxygen atoms in total. The summed E-state index contributed by atoms with van der Waals surface area (Å²) in [6.45, 7) is 1.50. The molecule has 0 fully saturated rings. The standard InChI is InChI=1S/C52H56FN9O12/c1-3-30-32-19-39-49-33(24-62(39)51(71)34(32)25-74-52(30)72)48-36(14-13-31-28(2)35(53)20-37(60-49)47(31)48)58-44(67)26-73-27-57-42(65)22-56-50(70)38(18-29-10-6-4-7-11-29)59-43(66)23-55-41(64)21-54-40(63)12-8-5-9-17-61-45(68)15-16-46(61)69/h4,6-7,10-11,15-16,19-20,30,36,38H,3,5,8-9,12-14,17-18,21-27H2,1-2H3,(H,54,63)(H,55,64)(H,56,70)(H,57,65)(H,58,67)(H,59,66)/t30-,36-,38-/m0/s1. The fourth-order valence-electron chi connectivity index (χ4n) is 9.78. The van der Waals surface area contributed by atoms with Crippen LogP contribution in [0.4, 0.5) is 4.39 Å². The van der Waals surface area contributed by atoms with Crippen LogP contribution in [0.5, 0.6) is 0 Å². The second kappa shape index (κ2) is 23.2. The second-order valence-electron chi connectivity index (χ2n) is 18.4. The number of esters is 1. The largest absolute Gasteiger partial charge is 0.460 e. The number of unbranched alkanes of at least 4 members (excludes halogenated alkanes) is 2. The summed E-state index contributed by atoms with van der Waals surface area (Å²) in [5.41, 5.74) is 5.37. The van der Waals surface area contributed by atoms with E-state index >= 15 is 4.39 Å². The van der Waals surface area contributed by atoms with Gasteiger partial charge in [-0.15, -0.1) is 0 Å². The third-order valence-electron chi connectivity index (χ3n) is 13.6. The SMILES string of the molecule is CC[C@@H]1C(=O)OCc2c1cc1n(c2=O)Cc2c-1nc1cc(F)c(C)c3c1c2[C@@H](NC(=O)COCNC(=O)CNC(=O)[C@H](Cc1ccccc1)NC(=O)CNC(=O)CNC(=O)CCCCCN1C(=O)C=CC1=O)CC3. The van der Waals surface area contributed by atoms with Crippen LogP contribution in [0.3, 0.4) is 0 Å². The van der Waals surface area contributed by atoms with E-state index in [2.05, 4.69) is 31.9 Å². The van der Waals surface area contributed by atoms with E-state index in [1.54, 1.807) is 47.9 Å². The fourth-order valence-corrected chi connectivity index (χ4v) is 9.78. The third-order valence-corrected chi connectivity index (χ3v) is 13.6. The van der Waals surface area contributed by atoms with Crippen molar-refractivity contribution in [2.45, 2.75) is 96.4 Å². The Labute approximate surface area is 423 Å². The molecular formula is C52H56FN9O12. The van der Waals surface area contributed by atoms with Gasteiger partial charge in [0, 0.05) is 48.6 Å². The van der Waals surface area contributed by atoms with Crippen molar-refractivity contribution in [3.05, 3.63) is 110 Å². The number of pyridine rings is 2. The van der Waals surface area contributed by atoms with Crippen LogP contribution in [0.1, 0.15) is 96.4 Å². The highest BCUT2D eigenvalue weighted by Crippen LogP contribution is 2.45. The number of hydrogen-bond donors (Lipinski definition) is 6. The van der Waals surface area contributed by atoms with Crippen molar-refractivity contribution in [2.24, 2.45) is 0 Å². The number of benzene rings is 2. The topological polar surface area (TPSA) is 282 Å². The second-order valence-corrected chi connectivity index (χ2v) is 18.4. The summed E-state index contributed by atoms with van der Waals surface area (Å²) in [6, 6.07) is 10.2. The summed E-state index contributed by atoms with van der Waals surface area (Å²) in [5.74, 6) is -5.82. The number of rotatable bonds is 22. The van der Waals surface area contributed by atoms with Crippen LogP contribution < -0.4 is 37.5 Å². The number of amides is 8. The lowest BCUT2D eigenvalue weighted by molar-refractivity contribution is -0.148. The Hall–Kier alpha value is -8.14. The number of halogens is 1. The lowest BCUT2D eigenvalue weighted by Gasteiger charge is -2.29. The van der Waals surface area contributed by atoms with Crippen molar-refractivity contribution < 1.29 is 57.0 Å². The lowest BCUT2D eigenvalue weighted by atomic mass is 9.81. The first kappa shape index (κ1) is 52.2. The number of fused-ring (bicyclic) bond motifs is 5. The third kappa shape index (κ3) is 11.7. The van der Waals surface area contributed by atoms with Crippen LogP contribution in [0.25, 0.3) is 22.3 Å². The first-order valence-corrected chi connectivity index (χ1v) is 24.5. The number of hydrogen-bond acceptors (Lipinski definition) is 13. The van der Waals surface area contributed by atoms with Gasteiger partial charge >= 0.3 is 5.97 Å². The molecule has 0 saturated carbocycles. The predicted octanol–water partition coefficient (Wildman–Crippen LogP) is 1.18. The van der Waals surface area contributed by atoms with Crippen LogP contribution in [0, 0.1) is 12.7 Å². The molecule has 0 saturated heterocycles. The molecule has 2 aromatic heterocycles. The minimum Gasteiger partial charge on any atom is -0.460 e. The smallest absolute Gasteiger partial charge is 0.313 e. The van der Waals surface area contributed by atoms with E-state index in [4.69, 9.17) is 14.5 Å².